The zero-order valence-electron chi connectivity index (χ0n) is 17.5. The van der Waals surface area contributed by atoms with E-state index < -0.39 is 17.4 Å². The summed E-state index contributed by atoms with van der Waals surface area (Å²) in [4.78, 5) is 41.8. The molecule has 0 aromatic heterocycles. The number of hydrogen-bond donors (Lipinski definition) is 2. The molecule has 0 aliphatic carbocycles. The topological polar surface area (TPSA) is 114 Å². The molecule has 9 heteroatoms. The highest BCUT2D eigenvalue weighted by Gasteiger charge is 2.68. The van der Waals surface area contributed by atoms with Crippen LogP contribution in [0.5, 0.6) is 5.75 Å². The third-order valence-corrected chi connectivity index (χ3v) is 6.41. The van der Waals surface area contributed by atoms with Gasteiger partial charge >= 0.3 is 0 Å². The van der Waals surface area contributed by atoms with Gasteiger partial charge in [0.2, 0.25) is 11.8 Å². The van der Waals surface area contributed by atoms with Crippen molar-refractivity contribution < 1.29 is 23.9 Å². The van der Waals surface area contributed by atoms with E-state index in [2.05, 4.69) is 5.32 Å². The third-order valence-electron chi connectivity index (χ3n) is 6.41. The number of nitrogens with one attached hydrogen (secondary N) is 1. The lowest BCUT2D eigenvalue weighted by Gasteiger charge is -2.27. The number of carbonyl (C=O) groups excluding carboxylic acids is 3. The molecule has 3 fully saturated rings. The molecule has 1 spiro atoms. The van der Waals surface area contributed by atoms with Crippen LogP contribution in [0.2, 0.25) is 0 Å². The highest BCUT2D eigenvalue weighted by Crippen LogP contribution is 2.55. The Bertz CT molecular complexity index is 888. The van der Waals surface area contributed by atoms with Crippen molar-refractivity contribution in [2.24, 2.45) is 17.6 Å². The normalized spacial score (nSPS) is 29.1. The smallest absolute Gasteiger partial charge is 0.257 e. The number of ether oxygens (including phenoxy) is 2. The first-order chi connectivity index (χ1) is 14.3. The third kappa shape index (κ3) is 3.13. The Kier molecular flexibility index (Phi) is 5.19. The minimum absolute atomic E-state index is 0.0546. The van der Waals surface area contributed by atoms with Gasteiger partial charge in [-0.15, -0.1) is 0 Å². The predicted octanol–water partition coefficient (Wildman–Crippen LogP) is 0.300. The highest BCUT2D eigenvalue weighted by atomic mass is 16.5. The predicted molar refractivity (Wildman–Crippen MR) is 109 cm³/mol. The molecule has 9 nitrogen and oxygen atoms in total. The van der Waals surface area contributed by atoms with Gasteiger partial charge in [0.05, 0.1) is 42.8 Å². The summed E-state index contributed by atoms with van der Waals surface area (Å²) in [6, 6.07) is 4.93. The number of fused-ring (bicyclic) bond motifs is 1. The van der Waals surface area contributed by atoms with E-state index in [1.165, 1.54) is 12.0 Å². The number of carbonyl (C=O) groups is 3. The summed E-state index contributed by atoms with van der Waals surface area (Å²) in [5.41, 5.74) is 5.89. The van der Waals surface area contributed by atoms with Crippen LogP contribution in [0.3, 0.4) is 0 Å². The Hall–Kier alpha value is -2.65. The molecular formula is C21H28N4O5. The molecule has 2 bridgehead atoms. The first-order valence-corrected chi connectivity index (χ1v) is 10.2. The molecule has 3 amide bonds. The average molecular weight is 416 g/mol. The second kappa shape index (κ2) is 7.55. The summed E-state index contributed by atoms with van der Waals surface area (Å²) in [5.74, 6) is -1.15. The van der Waals surface area contributed by atoms with Crippen molar-refractivity contribution in [3.05, 3.63) is 23.8 Å². The SMILES string of the molecule is COc1ccc(NC(=O)[C@H]2[C@@H]3CC[C@@]4(CN(CCN)C(=O)[C@@H]24)O3)cc1C(=O)N(C)C. The lowest BCUT2D eigenvalue weighted by molar-refractivity contribution is -0.136. The minimum Gasteiger partial charge on any atom is -0.496 e. The molecule has 30 heavy (non-hydrogen) atoms. The lowest BCUT2D eigenvalue weighted by atomic mass is 9.73. The first kappa shape index (κ1) is 20.6. The molecule has 3 aliphatic heterocycles. The van der Waals surface area contributed by atoms with Gasteiger partial charge in [-0.1, -0.05) is 0 Å². The van der Waals surface area contributed by atoms with Crippen LogP contribution in [-0.2, 0) is 14.3 Å². The van der Waals surface area contributed by atoms with Crippen LogP contribution in [0, 0.1) is 11.8 Å². The van der Waals surface area contributed by atoms with Crippen molar-refractivity contribution in [1.82, 2.24) is 9.80 Å². The number of likely N-dealkylation sites (tertiary alicyclic amines) is 1. The van der Waals surface area contributed by atoms with Crippen LogP contribution in [0.25, 0.3) is 0 Å². The Morgan fingerprint density at radius 3 is 2.83 bits per heavy atom. The van der Waals surface area contributed by atoms with Crippen LogP contribution in [-0.4, -0.2) is 80.1 Å². The van der Waals surface area contributed by atoms with Gasteiger partial charge in [-0.3, -0.25) is 14.4 Å². The van der Waals surface area contributed by atoms with E-state index in [9.17, 15) is 14.4 Å². The van der Waals surface area contributed by atoms with Gasteiger partial charge in [0.25, 0.3) is 5.91 Å². The zero-order valence-corrected chi connectivity index (χ0v) is 17.5. The van der Waals surface area contributed by atoms with Crippen LogP contribution in [0.1, 0.15) is 23.2 Å². The van der Waals surface area contributed by atoms with Crippen molar-refractivity contribution in [3.63, 3.8) is 0 Å². The maximum absolute atomic E-state index is 13.2. The number of methoxy groups -OCH3 is 1. The standard InChI is InChI=1S/C21H28N4O5/c1-24(2)19(27)13-10-12(4-5-14(13)29-3)23-18(26)16-15-6-7-21(30-15)11-25(9-8-22)20(28)17(16)21/h4-5,10,15-17H,6-9,11,22H2,1-3H3,(H,23,26)/t15-,16-,17+,21-/m0/s1. The maximum Gasteiger partial charge on any atom is 0.257 e. The van der Waals surface area contributed by atoms with Crippen LogP contribution >= 0.6 is 0 Å². The molecule has 3 heterocycles. The minimum atomic E-state index is -0.578. The summed E-state index contributed by atoms with van der Waals surface area (Å²) in [7, 11) is 4.79. The molecule has 3 aliphatic rings. The number of anilines is 1. The number of amides is 3. The molecule has 0 unspecified atom stereocenters. The van der Waals surface area contributed by atoms with E-state index in [1.807, 2.05) is 0 Å². The number of hydrogen-bond acceptors (Lipinski definition) is 6. The molecule has 162 valence electrons. The molecule has 4 atom stereocenters. The van der Waals surface area contributed by atoms with Crippen LogP contribution < -0.4 is 15.8 Å². The second-order valence-corrected chi connectivity index (χ2v) is 8.42. The summed E-state index contributed by atoms with van der Waals surface area (Å²) >= 11 is 0. The Labute approximate surface area is 175 Å². The fourth-order valence-electron chi connectivity index (χ4n) is 5.11. The van der Waals surface area contributed by atoms with Gasteiger partial charge in [-0.05, 0) is 31.0 Å². The number of nitrogens with zero attached hydrogens (tertiary/aromatic N) is 2. The van der Waals surface area contributed by atoms with Gasteiger partial charge in [-0.25, -0.2) is 0 Å². The number of rotatable bonds is 6. The van der Waals surface area contributed by atoms with Gasteiger partial charge < -0.3 is 30.3 Å². The Morgan fingerprint density at radius 1 is 1.40 bits per heavy atom. The number of nitrogens with two attached hydrogens (primary N) is 1. The van der Waals surface area contributed by atoms with E-state index in [1.54, 1.807) is 37.2 Å². The zero-order chi connectivity index (χ0) is 21.6. The molecule has 1 aromatic carbocycles. The number of benzene rings is 1. The summed E-state index contributed by atoms with van der Waals surface area (Å²) in [5, 5.41) is 2.89. The molecule has 0 saturated carbocycles. The molecular weight excluding hydrogens is 388 g/mol. The molecule has 3 N–H and O–H groups in total. The highest BCUT2D eigenvalue weighted by molar-refractivity contribution is 6.01. The summed E-state index contributed by atoms with van der Waals surface area (Å²) in [6.45, 7) is 1.34. The molecule has 3 saturated heterocycles. The van der Waals surface area contributed by atoms with Gasteiger partial charge in [-0.2, -0.15) is 0 Å². The Balaban J connectivity index is 1.57. The van der Waals surface area contributed by atoms with Gasteiger partial charge in [0, 0.05) is 32.9 Å². The van der Waals surface area contributed by atoms with Gasteiger partial charge in [0.1, 0.15) is 5.75 Å². The van der Waals surface area contributed by atoms with E-state index in [0.717, 1.165) is 12.8 Å². The molecule has 0 radical (unpaired) electrons. The maximum atomic E-state index is 13.2. The van der Waals surface area contributed by atoms with E-state index in [4.69, 9.17) is 15.2 Å². The van der Waals surface area contributed by atoms with E-state index in [0.29, 0.717) is 36.6 Å². The van der Waals surface area contributed by atoms with Crippen LogP contribution in [0.15, 0.2) is 18.2 Å². The summed E-state index contributed by atoms with van der Waals surface area (Å²) < 4.78 is 11.5. The second-order valence-electron chi connectivity index (χ2n) is 8.42. The summed E-state index contributed by atoms with van der Waals surface area (Å²) in [6.07, 6.45) is 1.27. The van der Waals surface area contributed by atoms with Crippen molar-refractivity contribution >= 4 is 23.4 Å². The van der Waals surface area contributed by atoms with E-state index in [-0.39, 0.29) is 23.8 Å². The molecule has 1 aromatic rings. The quantitative estimate of drug-likeness (QED) is 0.690. The Morgan fingerprint density at radius 2 is 2.17 bits per heavy atom. The fraction of sp³-hybridized carbons (Fsp3) is 0.571. The fourth-order valence-corrected chi connectivity index (χ4v) is 5.11. The van der Waals surface area contributed by atoms with Crippen molar-refractivity contribution in [2.75, 3.05) is 46.2 Å². The average Bonchev–Trinajstić information content (AvgIpc) is 3.36. The van der Waals surface area contributed by atoms with Crippen LogP contribution in [0.4, 0.5) is 5.69 Å². The lowest BCUT2D eigenvalue weighted by Crippen LogP contribution is -2.43. The van der Waals surface area contributed by atoms with E-state index >= 15 is 0 Å². The van der Waals surface area contributed by atoms with Crippen molar-refractivity contribution in [3.8, 4) is 5.75 Å². The van der Waals surface area contributed by atoms with Gasteiger partial charge in [0.15, 0.2) is 0 Å². The largest absolute Gasteiger partial charge is 0.496 e. The molecule has 4 rings (SSSR count). The van der Waals surface area contributed by atoms with Crippen molar-refractivity contribution in [1.29, 1.82) is 0 Å². The monoisotopic (exact) mass is 416 g/mol. The first-order valence-electron chi connectivity index (χ1n) is 10.2. The van der Waals surface area contributed by atoms with Crippen molar-refractivity contribution in [2.45, 2.75) is 24.5 Å².